The van der Waals surface area contributed by atoms with Crippen molar-refractivity contribution in [3.05, 3.63) is 35.9 Å². The largest absolute Gasteiger partial charge is 0.445 e. The minimum absolute atomic E-state index is 0.0449. The summed E-state index contributed by atoms with van der Waals surface area (Å²) in [5.74, 6) is -0.904. The summed E-state index contributed by atoms with van der Waals surface area (Å²) in [7, 11) is 0. The Morgan fingerprint density at radius 1 is 1.10 bits per heavy atom. The van der Waals surface area contributed by atoms with Crippen molar-refractivity contribution in [1.29, 1.82) is 0 Å². The highest BCUT2D eigenvalue weighted by molar-refractivity contribution is 5.92. The molecule has 2 N–H and O–H groups in total. The zero-order valence-electron chi connectivity index (χ0n) is 18.7. The third kappa shape index (κ3) is 6.80. The predicted molar refractivity (Wildman–Crippen MR) is 116 cm³/mol. The van der Waals surface area contributed by atoms with E-state index in [1.54, 1.807) is 0 Å². The lowest BCUT2D eigenvalue weighted by atomic mass is 10.0. The molecule has 1 unspecified atom stereocenters. The van der Waals surface area contributed by atoms with E-state index >= 15 is 0 Å². The van der Waals surface area contributed by atoms with Crippen molar-refractivity contribution < 1.29 is 23.9 Å². The molecule has 1 fully saturated rings. The molecular formula is C23H33N3O5. The van der Waals surface area contributed by atoms with E-state index in [1.807, 2.05) is 58.0 Å². The molecule has 170 valence electrons. The van der Waals surface area contributed by atoms with Crippen LogP contribution >= 0.6 is 0 Å². The van der Waals surface area contributed by atoms with Gasteiger partial charge < -0.3 is 25.1 Å². The normalized spacial score (nSPS) is 17.9. The van der Waals surface area contributed by atoms with Gasteiger partial charge in [0.25, 0.3) is 0 Å². The van der Waals surface area contributed by atoms with Crippen LogP contribution in [0.1, 0.15) is 46.1 Å². The molecule has 0 aromatic heterocycles. The molecule has 1 aromatic rings. The van der Waals surface area contributed by atoms with Crippen LogP contribution in [0.5, 0.6) is 0 Å². The number of hydrogen-bond donors (Lipinski definition) is 2. The molecule has 8 nitrogen and oxygen atoms in total. The van der Waals surface area contributed by atoms with Gasteiger partial charge in [-0.2, -0.15) is 0 Å². The minimum Gasteiger partial charge on any atom is -0.445 e. The molecule has 1 aliphatic rings. The average molecular weight is 432 g/mol. The SMILES string of the molecule is CC(C)[C@H](NC(=O)OCc1ccccc1)C(=O)N1CCCC1C(=O)N[C@H](C=O)C(C)C. The molecule has 8 heteroatoms. The molecule has 1 heterocycles. The molecule has 0 bridgehead atoms. The third-order valence-electron chi connectivity index (χ3n) is 5.43. The second-order valence-electron chi connectivity index (χ2n) is 8.53. The lowest BCUT2D eigenvalue weighted by Gasteiger charge is -2.31. The smallest absolute Gasteiger partial charge is 0.408 e. The molecule has 0 aliphatic carbocycles. The van der Waals surface area contributed by atoms with E-state index in [4.69, 9.17) is 4.74 Å². The Hall–Kier alpha value is -2.90. The lowest BCUT2D eigenvalue weighted by Crippen LogP contribution is -2.56. The molecule has 1 saturated heterocycles. The van der Waals surface area contributed by atoms with E-state index in [2.05, 4.69) is 10.6 Å². The first-order chi connectivity index (χ1) is 14.7. The highest BCUT2D eigenvalue weighted by Gasteiger charge is 2.39. The van der Waals surface area contributed by atoms with E-state index in [1.165, 1.54) is 4.90 Å². The summed E-state index contributed by atoms with van der Waals surface area (Å²) in [6, 6.07) is 7.19. The number of rotatable bonds is 9. The van der Waals surface area contributed by atoms with Gasteiger partial charge >= 0.3 is 6.09 Å². The van der Waals surface area contributed by atoms with Crippen molar-refractivity contribution in [2.24, 2.45) is 11.8 Å². The molecule has 2 rings (SSSR count). The summed E-state index contributed by atoms with van der Waals surface area (Å²) in [4.78, 5) is 51.0. The first-order valence-corrected chi connectivity index (χ1v) is 10.8. The van der Waals surface area contributed by atoms with E-state index in [-0.39, 0.29) is 30.3 Å². The summed E-state index contributed by atoms with van der Waals surface area (Å²) >= 11 is 0. The van der Waals surface area contributed by atoms with Crippen LogP contribution in [0, 0.1) is 11.8 Å². The fourth-order valence-corrected chi connectivity index (χ4v) is 3.51. The maximum Gasteiger partial charge on any atom is 0.408 e. The van der Waals surface area contributed by atoms with Gasteiger partial charge in [-0.25, -0.2) is 4.79 Å². The number of benzene rings is 1. The number of ether oxygens (including phenoxy) is 1. The van der Waals surface area contributed by atoms with Crippen LogP contribution in [0.4, 0.5) is 4.79 Å². The topological polar surface area (TPSA) is 105 Å². The summed E-state index contributed by atoms with van der Waals surface area (Å²) in [5, 5.41) is 5.38. The van der Waals surface area contributed by atoms with Gasteiger partial charge in [0.1, 0.15) is 25.0 Å². The van der Waals surface area contributed by atoms with E-state index < -0.39 is 24.2 Å². The van der Waals surface area contributed by atoms with Crippen LogP contribution in [0.15, 0.2) is 30.3 Å². The zero-order chi connectivity index (χ0) is 23.0. The number of carbonyl (C=O) groups is 4. The van der Waals surface area contributed by atoms with Crippen molar-refractivity contribution in [1.82, 2.24) is 15.5 Å². The maximum absolute atomic E-state index is 13.2. The Morgan fingerprint density at radius 3 is 2.35 bits per heavy atom. The number of alkyl carbamates (subject to hydrolysis) is 1. The summed E-state index contributed by atoms with van der Waals surface area (Å²) in [6.07, 6.45) is 1.23. The number of aldehydes is 1. The van der Waals surface area contributed by atoms with E-state index in [0.29, 0.717) is 25.7 Å². The van der Waals surface area contributed by atoms with Crippen LogP contribution < -0.4 is 10.6 Å². The number of likely N-dealkylation sites (tertiary alicyclic amines) is 1. The number of nitrogens with one attached hydrogen (secondary N) is 2. The lowest BCUT2D eigenvalue weighted by molar-refractivity contribution is -0.141. The quantitative estimate of drug-likeness (QED) is 0.584. The third-order valence-corrected chi connectivity index (χ3v) is 5.43. The second-order valence-corrected chi connectivity index (χ2v) is 8.53. The van der Waals surface area contributed by atoms with Gasteiger partial charge in [0.2, 0.25) is 11.8 Å². The second kappa shape index (κ2) is 11.5. The molecular weight excluding hydrogens is 398 g/mol. The highest BCUT2D eigenvalue weighted by atomic mass is 16.5. The predicted octanol–water partition coefficient (Wildman–Crippen LogP) is 2.27. The fourth-order valence-electron chi connectivity index (χ4n) is 3.51. The average Bonchev–Trinajstić information content (AvgIpc) is 3.24. The van der Waals surface area contributed by atoms with Crippen molar-refractivity contribution in [3.8, 4) is 0 Å². The van der Waals surface area contributed by atoms with Gasteiger partial charge in [-0.1, -0.05) is 58.0 Å². The van der Waals surface area contributed by atoms with Gasteiger partial charge in [-0.15, -0.1) is 0 Å². The van der Waals surface area contributed by atoms with Gasteiger partial charge in [-0.05, 0) is 30.2 Å². The molecule has 1 aliphatic heterocycles. The van der Waals surface area contributed by atoms with Gasteiger partial charge in [0.05, 0.1) is 6.04 Å². The van der Waals surface area contributed by atoms with E-state index in [9.17, 15) is 19.2 Å². The first-order valence-electron chi connectivity index (χ1n) is 10.8. The van der Waals surface area contributed by atoms with Crippen LogP contribution in [0.3, 0.4) is 0 Å². The summed E-state index contributed by atoms with van der Waals surface area (Å²) < 4.78 is 5.25. The fraction of sp³-hybridized carbons (Fsp3) is 0.565. The van der Waals surface area contributed by atoms with E-state index in [0.717, 1.165) is 5.56 Å². The molecule has 0 radical (unpaired) electrons. The molecule has 0 saturated carbocycles. The minimum atomic E-state index is -0.816. The number of hydrogen-bond acceptors (Lipinski definition) is 5. The van der Waals surface area contributed by atoms with Gasteiger partial charge in [-0.3, -0.25) is 9.59 Å². The Kier molecular flexibility index (Phi) is 9.03. The van der Waals surface area contributed by atoms with Crippen LogP contribution in [-0.4, -0.2) is 53.8 Å². The van der Waals surface area contributed by atoms with Crippen LogP contribution in [-0.2, 0) is 25.7 Å². The number of nitrogens with zero attached hydrogens (tertiary/aromatic N) is 1. The van der Waals surface area contributed by atoms with Gasteiger partial charge in [0.15, 0.2) is 0 Å². The van der Waals surface area contributed by atoms with Crippen molar-refractivity contribution in [2.45, 2.75) is 65.3 Å². The van der Waals surface area contributed by atoms with Crippen molar-refractivity contribution >= 4 is 24.2 Å². The monoisotopic (exact) mass is 431 g/mol. The molecule has 1 aromatic carbocycles. The van der Waals surface area contributed by atoms with Crippen LogP contribution in [0.2, 0.25) is 0 Å². The maximum atomic E-state index is 13.2. The van der Waals surface area contributed by atoms with Crippen molar-refractivity contribution in [3.63, 3.8) is 0 Å². The Morgan fingerprint density at radius 2 is 1.77 bits per heavy atom. The summed E-state index contributed by atoms with van der Waals surface area (Å²) in [5.41, 5.74) is 0.844. The Labute approximate surface area is 183 Å². The standard InChI is InChI=1S/C23H33N3O5/c1-15(2)18(13-27)24-21(28)19-11-8-12-26(19)22(29)20(16(3)4)25-23(30)31-14-17-9-6-5-7-10-17/h5-7,9-10,13,15-16,18-20H,8,11-12,14H2,1-4H3,(H,24,28)(H,25,30)/t18-,19?,20+/m1/s1. The molecule has 3 atom stereocenters. The first kappa shape index (κ1) is 24.4. The Balaban J connectivity index is 2.01. The highest BCUT2D eigenvalue weighted by Crippen LogP contribution is 2.21. The Bertz CT molecular complexity index is 766. The van der Waals surface area contributed by atoms with Crippen LogP contribution in [0.25, 0.3) is 0 Å². The number of carbonyl (C=O) groups excluding carboxylic acids is 4. The zero-order valence-corrected chi connectivity index (χ0v) is 18.7. The number of amides is 3. The summed E-state index contributed by atoms with van der Waals surface area (Å²) in [6.45, 7) is 7.86. The molecule has 3 amide bonds. The van der Waals surface area contributed by atoms with Crippen molar-refractivity contribution in [2.75, 3.05) is 6.54 Å². The molecule has 31 heavy (non-hydrogen) atoms. The molecule has 0 spiro atoms. The van der Waals surface area contributed by atoms with Gasteiger partial charge in [0, 0.05) is 6.54 Å².